The van der Waals surface area contributed by atoms with Crippen molar-refractivity contribution in [2.45, 2.75) is 32.4 Å². The highest BCUT2D eigenvalue weighted by atomic mass is 16.2. The predicted octanol–water partition coefficient (Wildman–Crippen LogP) is 2.14. The molecule has 0 aliphatic heterocycles. The lowest BCUT2D eigenvalue weighted by atomic mass is 10.1. The van der Waals surface area contributed by atoms with Gasteiger partial charge in [-0.25, -0.2) is 0 Å². The average Bonchev–Trinajstić information content (AvgIpc) is 3.19. The van der Waals surface area contributed by atoms with Crippen molar-refractivity contribution in [3.63, 3.8) is 0 Å². The molecule has 2 N–H and O–H groups in total. The summed E-state index contributed by atoms with van der Waals surface area (Å²) in [7, 11) is 0. The van der Waals surface area contributed by atoms with Crippen LogP contribution >= 0.6 is 0 Å². The van der Waals surface area contributed by atoms with Gasteiger partial charge in [-0.15, -0.1) is 0 Å². The quantitative estimate of drug-likeness (QED) is 0.856. The number of carbonyl (C=O) groups excluding carboxylic acids is 1. The van der Waals surface area contributed by atoms with Crippen LogP contribution in [0.5, 0.6) is 0 Å². The highest BCUT2D eigenvalue weighted by molar-refractivity contribution is 5.78. The van der Waals surface area contributed by atoms with Gasteiger partial charge < -0.3 is 10.6 Å². The molecule has 1 amide bonds. The molecule has 0 unspecified atom stereocenters. The molecule has 2 aromatic rings. The molecule has 21 heavy (non-hydrogen) atoms. The van der Waals surface area contributed by atoms with Crippen molar-refractivity contribution in [2.24, 2.45) is 0 Å². The number of likely N-dealkylation sites (N-methyl/N-ethyl adjacent to an activating group) is 1. The van der Waals surface area contributed by atoms with Crippen LogP contribution in [0.15, 0.2) is 36.7 Å². The number of amides is 1. The highest BCUT2D eigenvalue weighted by Gasteiger charge is 2.31. The number of hydrogen-bond acceptors (Lipinski definition) is 3. The van der Waals surface area contributed by atoms with Gasteiger partial charge in [0.1, 0.15) is 6.54 Å². The monoisotopic (exact) mass is 284 g/mol. The largest absolute Gasteiger partial charge is 0.398 e. The van der Waals surface area contributed by atoms with Crippen LogP contribution in [0.2, 0.25) is 0 Å². The summed E-state index contributed by atoms with van der Waals surface area (Å²) in [6.07, 6.45) is 5.89. The van der Waals surface area contributed by atoms with E-state index in [1.165, 1.54) is 0 Å². The van der Waals surface area contributed by atoms with E-state index in [9.17, 15) is 4.79 Å². The minimum Gasteiger partial charge on any atom is -0.398 e. The van der Waals surface area contributed by atoms with Crippen molar-refractivity contribution in [1.29, 1.82) is 0 Å². The molecule has 5 heteroatoms. The zero-order valence-electron chi connectivity index (χ0n) is 12.2. The molecule has 0 atom stereocenters. The lowest BCUT2D eigenvalue weighted by Crippen LogP contribution is -2.35. The Kier molecular flexibility index (Phi) is 3.64. The van der Waals surface area contributed by atoms with Gasteiger partial charge >= 0.3 is 0 Å². The van der Waals surface area contributed by atoms with Crippen LogP contribution in [0.4, 0.5) is 5.69 Å². The number of carbonyl (C=O) groups is 1. The standard InChI is InChI=1S/C16H20N4O/c1-2-20(13-7-8-13)16(21)11-19-10-12(9-18-19)14-5-3-4-6-15(14)17/h3-6,9-10,13H,2,7-8,11,17H2,1H3. The lowest BCUT2D eigenvalue weighted by molar-refractivity contribution is -0.132. The zero-order valence-corrected chi connectivity index (χ0v) is 12.2. The van der Waals surface area contributed by atoms with Crippen molar-refractivity contribution in [1.82, 2.24) is 14.7 Å². The van der Waals surface area contributed by atoms with Crippen LogP contribution in [0, 0.1) is 0 Å². The molecule has 1 fully saturated rings. The summed E-state index contributed by atoms with van der Waals surface area (Å²) < 4.78 is 1.69. The highest BCUT2D eigenvalue weighted by Crippen LogP contribution is 2.27. The second-order valence-corrected chi connectivity index (χ2v) is 5.42. The fourth-order valence-corrected chi connectivity index (χ4v) is 2.60. The van der Waals surface area contributed by atoms with Crippen LogP contribution in [0.25, 0.3) is 11.1 Å². The van der Waals surface area contributed by atoms with Gasteiger partial charge in [0.05, 0.1) is 6.20 Å². The first-order chi connectivity index (χ1) is 10.2. The Morgan fingerprint density at radius 3 is 2.86 bits per heavy atom. The molecule has 0 bridgehead atoms. The van der Waals surface area contributed by atoms with E-state index in [1.807, 2.05) is 42.3 Å². The van der Waals surface area contributed by atoms with Gasteiger partial charge in [-0.2, -0.15) is 5.10 Å². The maximum absolute atomic E-state index is 12.3. The van der Waals surface area contributed by atoms with Crippen molar-refractivity contribution < 1.29 is 4.79 Å². The molecular weight excluding hydrogens is 264 g/mol. The summed E-state index contributed by atoms with van der Waals surface area (Å²) >= 11 is 0. The molecule has 3 rings (SSSR count). The van der Waals surface area contributed by atoms with Gasteiger partial charge in [0.25, 0.3) is 0 Å². The number of anilines is 1. The van der Waals surface area contributed by atoms with Gasteiger partial charge in [-0.1, -0.05) is 18.2 Å². The van der Waals surface area contributed by atoms with E-state index in [-0.39, 0.29) is 12.5 Å². The summed E-state index contributed by atoms with van der Waals surface area (Å²) in [5.41, 5.74) is 8.58. The lowest BCUT2D eigenvalue weighted by Gasteiger charge is -2.20. The topological polar surface area (TPSA) is 64.2 Å². The van der Waals surface area contributed by atoms with E-state index >= 15 is 0 Å². The second-order valence-electron chi connectivity index (χ2n) is 5.42. The molecule has 1 heterocycles. The molecular formula is C16H20N4O. The first-order valence-electron chi connectivity index (χ1n) is 7.36. The van der Waals surface area contributed by atoms with E-state index in [2.05, 4.69) is 5.10 Å². The molecule has 5 nitrogen and oxygen atoms in total. The SMILES string of the molecule is CCN(C(=O)Cn1cc(-c2ccccc2N)cn1)C1CC1. The number of para-hydroxylation sites is 1. The minimum atomic E-state index is 0.135. The molecule has 1 aromatic heterocycles. The molecule has 0 saturated heterocycles. The van der Waals surface area contributed by atoms with Gasteiger partial charge in [0.15, 0.2) is 0 Å². The van der Waals surface area contributed by atoms with E-state index < -0.39 is 0 Å². The molecule has 110 valence electrons. The molecule has 1 aliphatic rings. The third-order valence-corrected chi connectivity index (χ3v) is 3.85. The molecule has 0 radical (unpaired) electrons. The minimum absolute atomic E-state index is 0.135. The maximum atomic E-state index is 12.3. The van der Waals surface area contributed by atoms with Crippen molar-refractivity contribution in [3.8, 4) is 11.1 Å². The summed E-state index contributed by atoms with van der Waals surface area (Å²) in [4.78, 5) is 14.2. The summed E-state index contributed by atoms with van der Waals surface area (Å²) in [6.45, 7) is 3.08. The Morgan fingerprint density at radius 2 is 2.19 bits per heavy atom. The van der Waals surface area contributed by atoms with Crippen LogP contribution in [0.3, 0.4) is 0 Å². The Hall–Kier alpha value is -2.30. The molecule has 1 saturated carbocycles. The summed E-state index contributed by atoms with van der Waals surface area (Å²) in [5, 5.41) is 4.28. The number of nitrogen functional groups attached to an aromatic ring is 1. The third-order valence-electron chi connectivity index (χ3n) is 3.85. The Bertz CT molecular complexity index is 645. The Morgan fingerprint density at radius 1 is 1.43 bits per heavy atom. The van der Waals surface area contributed by atoms with Gasteiger partial charge in [-0.3, -0.25) is 9.48 Å². The van der Waals surface area contributed by atoms with Crippen LogP contribution in [0.1, 0.15) is 19.8 Å². The van der Waals surface area contributed by atoms with Crippen LogP contribution in [-0.2, 0) is 11.3 Å². The molecule has 0 spiro atoms. The maximum Gasteiger partial charge on any atom is 0.244 e. The summed E-state index contributed by atoms with van der Waals surface area (Å²) in [6, 6.07) is 8.12. The van der Waals surface area contributed by atoms with E-state index in [4.69, 9.17) is 5.73 Å². The first-order valence-corrected chi connectivity index (χ1v) is 7.36. The van der Waals surface area contributed by atoms with Crippen molar-refractivity contribution in [3.05, 3.63) is 36.7 Å². The normalized spacial score (nSPS) is 14.1. The Labute approximate surface area is 124 Å². The number of hydrogen-bond donors (Lipinski definition) is 1. The van der Waals surface area contributed by atoms with Crippen molar-refractivity contribution >= 4 is 11.6 Å². The third kappa shape index (κ3) is 2.91. The Balaban J connectivity index is 1.73. The zero-order chi connectivity index (χ0) is 14.8. The molecule has 1 aromatic carbocycles. The van der Waals surface area contributed by atoms with E-state index in [0.717, 1.165) is 36.2 Å². The van der Waals surface area contributed by atoms with E-state index in [0.29, 0.717) is 6.04 Å². The number of aromatic nitrogens is 2. The second kappa shape index (κ2) is 5.60. The number of rotatable bonds is 5. The predicted molar refractivity (Wildman–Crippen MR) is 82.5 cm³/mol. The first kappa shape index (κ1) is 13.7. The van der Waals surface area contributed by atoms with E-state index in [1.54, 1.807) is 10.9 Å². The smallest absolute Gasteiger partial charge is 0.244 e. The average molecular weight is 284 g/mol. The number of nitrogens with two attached hydrogens (primary N) is 1. The molecule has 1 aliphatic carbocycles. The summed E-state index contributed by atoms with van der Waals surface area (Å²) in [5.74, 6) is 0.135. The van der Waals surface area contributed by atoms with Gasteiger partial charge in [0, 0.05) is 35.6 Å². The fraction of sp³-hybridized carbons (Fsp3) is 0.375. The number of nitrogens with zero attached hydrogens (tertiary/aromatic N) is 3. The fourth-order valence-electron chi connectivity index (χ4n) is 2.60. The van der Waals surface area contributed by atoms with Crippen LogP contribution < -0.4 is 5.73 Å². The number of benzene rings is 1. The van der Waals surface area contributed by atoms with Gasteiger partial charge in [-0.05, 0) is 25.8 Å². The van der Waals surface area contributed by atoms with Crippen molar-refractivity contribution in [2.75, 3.05) is 12.3 Å². The van der Waals surface area contributed by atoms with Gasteiger partial charge in [0.2, 0.25) is 5.91 Å². The van der Waals surface area contributed by atoms with Crippen LogP contribution in [-0.4, -0.2) is 33.2 Å².